The topological polar surface area (TPSA) is 50.2 Å². The highest BCUT2D eigenvalue weighted by atomic mass is 19.1. The van der Waals surface area contributed by atoms with E-state index in [1.165, 1.54) is 6.07 Å². The van der Waals surface area contributed by atoms with E-state index in [1.54, 1.807) is 30.1 Å². The van der Waals surface area contributed by atoms with Crippen LogP contribution in [0.1, 0.15) is 28.9 Å². The Balaban J connectivity index is 1.49. The van der Waals surface area contributed by atoms with Crippen molar-refractivity contribution in [2.45, 2.75) is 25.4 Å². The number of nitrogens with zero attached hydrogens (tertiary/aromatic N) is 3. The molecule has 1 fully saturated rings. The lowest BCUT2D eigenvalue weighted by molar-refractivity contribution is 0.0903. The summed E-state index contributed by atoms with van der Waals surface area (Å²) >= 11 is 0. The van der Waals surface area contributed by atoms with Crippen molar-refractivity contribution >= 4 is 5.91 Å². The van der Waals surface area contributed by atoms with Gasteiger partial charge in [-0.15, -0.1) is 0 Å². The van der Waals surface area contributed by atoms with E-state index >= 15 is 0 Å². The number of halogens is 1. The lowest BCUT2D eigenvalue weighted by Gasteiger charge is -2.32. The first-order chi connectivity index (χ1) is 11.1. The number of hydrogen-bond acceptors (Lipinski definition) is 3. The fraction of sp³-hybridized carbons (Fsp3) is 0.412. The molecule has 122 valence electrons. The molecule has 2 aromatic rings. The number of rotatable bonds is 4. The van der Waals surface area contributed by atoms with Crippen molar-refractivity contribution in [2.24, 2.45) is 7.05 Å². The molecule has 3 rings (SSSR count). The van der Waals surface area contributed by atoms with Gasteiger partial charge in [-0.3, -0.25) is 14.4 Å². The first-order valence-electron chi connectivity index (χ1n) is 7.88. The van der Waals surface area contributed by atoms with Crippen LogP contribution in [-0.4, -0.2) is 39.7 Å². The van der Waals surface area contributed by atoms with Crippen molar-refractivity contribution in [3.05, 3.63) is 53.6 Å². The van der Waals surface area contributed by atoms with E-state index in [1.807, 2.05) is 12.1 Å². The van der Waals surface area contributed by atoms with Gasteiger partial charge in [-0.1, -0.05) is 18.2 Å². The minimum absolute atomic E-state index is 0.127. The van der Waals surface area contributed by atoms with Gasteiger partial charge in [0.2, 0.25) is 0 Å². The van der Waals surface area contributed by atoms with E-state index in [4.69, 9.17) is 0 Å². The molecule has 0 unspecified atom stereocenters. The maximum Gasteiger partial charge on any atom is 0.271 e. The van der Waals surface area contributed by atoms with Crippen LogP contribution in [0.5, 0.6) is 0 Å². The van der Waals surface area contributed by atoms with Crippen molar-refractivity contribution in [2.75, 3.05) is 13.1 Å². The average molecular weight is 316 g/mol. The van der Waals surface area contributed by atoms with Gasteiger partial charge in [-0.25, -0.2) is 4.39 Å². The summed E-state index contributed by atoms with van der Waals surface area (Å²) in [4.78, 5) is 14.3. The number of amides is 1. The molecule has 1 aliphatic heterocycles. The predicted octanol–water partition coefficient (Wildman–Crippen LogP) is 1.95. The number of hydrogen-bond donors (Lipinski definition) is 1. The van der Waals surface area contributed by atoms with Gasteiger partial charge in [0.1, 0.15) is 11.5 Å². The number of benzene rings is 1. The lowest BCUT2D eigenvalue weighted by atomic mass is 10.0. The smallest absolute Gasteiger partial charge is 0.271 e. The summed E-state index contributed by atoms with van der Waals surface area (Å²) in [6.07, 6.45) is 3.49. The zero-order chi connectivity index (χ0) is 16.2. The number of nitrogens with one attached hydrogen (secondary N) is 1. The van der Waals surface area contributed by atoms with Crippen molar-refractivity contribution < 1.29 is 9.18 Å². The van der Waals surface area contributed by atoms with Crippen LogP contribution >= 0.6 is 0 Å². The van der Waals surface area contributed by atoms with Crippen LogP contribution in [0, 0.1) is 5.82 Å². The summed E-state index contributed by atoms with van der Waals surface area (Å²) < 4.78 is 15.3. The number of likely N-dealkylation sites (tertiary alicyclic amines) is 1. The molecule has 0 atom stereocenters. The minimum Gasteiger partial charge on any atom is -0.348 e. The van der Waals surface area contributed by atoms with Gasteiger partial charge in [0, 0.05) is 44.5 Å². The van der Waals surface area contributed by atoms with Crippen LogP contribution in [0.3, 0.4) is 0 Å². The summed E-state index contributed by atoms with van der Waals surface area (Å²) in [5.41, 5.74) is 1.17. The van der Waals surface area contributed by atoms with Gasteiger partial charge in [-0.05, 0) is 25.0 Å². The Bertz CT molecular complexity index is 677. The van der Waals surface area contributed by atoms with E-state index in [0.29, 0.717) is 12.2 Å². The molecule has 0 aliphatic carbocycles. The van der Waals surface area contributed by atoms with E-state index < -0.39 is 0 Å². The SMILES string of the molecule is Cn1ccc(C(=O)NC2CCN(Cc3ccccc3F)CC2)n1. The van der Waals surface area contributed by atoms with Crippen LogP contribution in [0.25, 0.3) is 0 Å². The van der Waals surface area contributed by atoms with Crippen LogP contribution in [0.2, 0.25) is 0 Å². The second kappa shape index (κ2) is 6.91. The highest BCUT2D eigenvalue weighted by Gasteiger charge is 2.22. The number of piperidine rings is 1. The number of aromatic nitrogens is 2. The van der Waals surface area contributed by atoms with Crippen LogP contribution in [0.4, 0.5) is 4.39 Å². The van der Waals surface area contributed by atoms with Crippen LogP contribution in [0.15, 0.2) is 36.5 Å². The van der Waals surface area contributed by atoms with Gasteiger partial charge in [-0.2, -0.15) is 5.10 Å². The molecule has 0 bridgehead atoms. The summed E-state index contributed by atoms with van der Waals surface area (Å²) in [7, 11) is 1.79. The Hall–Kier alpha value is -2.21. The average Bonchev–Trinajstić information content (AvgIpc) is 2.98. The summed E-state index contributed by atoms with van der Waals surface area (Å²) in [6.45, 7) is 2.32. The van der Waals surface area contributed by atoms with Crippen molar-refractivity contribution in [3.63, 3.8) is 0 Å². The maximum atomic E-state index is 13.7. The molecule has 0 radical (unpaired) electrons. The molecule has 6 heteroatoms. The molecular formula is C17H21FN4O. The van der Waals surface area contributed by atoms with Gasteiger partial charge < -0.3 is 5.32 Å². The first kappa shape index (κ1) is 15.7. The second-order valence-electron chi connectivity index (χ2n) is 5.99. The molecule has 5 nitrogen and oxygen atoms in total. The Morgan fingerprint density at radius 3 is 2.70 bits per heavy atom. The Morgan fingerprint density at radius 1 is 1.30 bits per heavy atom. The molecule has 0 saturated carbocycles. The largest absolute Gasteiger partial charge is 0.348 e. The van der Waals surface area contributed by atoms with Crippen molar-refractivity contribution in [1.29, 1.82) is 0 Å². The highest BCUT2D eigenvalue weighted by Crippen LogP contribution is 2.16. The maximum absolute atomic E-state index is 13.7. The molecular weight excluding hydrogens is 295 g/mol. The second-order valence-corrected chi connectivity index (χ2v) is 5.99. The zero-order valence-corrected chi connectivity index (χ0v) is 13.2. The Labute approximate surface area is 135 Å². The molecule has 2 heterocycles. The molecule has 1 N–H and O–H groups in total. The van der Waals surface area contributed by atoms with E-state index in [9.17, 15) is 9.18 Å². The van der Waals surface area contributed by atoms with Gasteiger partial charge in [0.15, 0.2) is 0 Å². The third-order valence-corrected chi connectivity index (χ3v) is 4.22. The quantitative estimate of drug-likeness (QED) is 0.938. The Morgan fingerprint density at radius 2 is 2.04 bits per heavy atom. The minimum atomic E-state index is -0.155. The highest BCUT2D eigenvalue weighted by molar-refractivity contribution is 5.92. The summed E-state index contributed by atoms with van der Waals surface area (Å²) in [5, 5.41) is 7.14. The Kier molecular flexibility index (Phi) is 4.71. The summed E-state index contributed by atoms with van der Waals surface area (Å²) in [6, 6.07) is 8.75. The third-order valence-electron chi connectivity index (χ3n) is 4.22. The fourth-order valence-corrected chi connectivity index (χ4v) is 2.90. The van der Waals surface area contributed by atoms with E-state index in [-0.39, 0.29) is 17.8 Å². The normalized spacial score (nSPS) is 16.4. The van der Waals surface area contributed by atoms with Gasteiger partial charge in [0.05, 0.1) is 0 Å². The third kappa shape index (κ3) is 3.96. The van der Waals surface area contributed by atoms with Crippen LogP contribution in [-0.2, 0) is 13.6 Å². The number of carbonyl (C=O) groups is 1. The summed E-state index contributed by atoms with van der Waals surface area (Å²) in [5.74, 6) is -0.281. The molecule has 1 amide bonds. The van der Waals surface area contributed by atoms with Gasteiger partial charge in [0.25, 0.3) is 5.91 Å². The standard InChI is InChI=1S/C17H21FN4O/c1-21-9-8-16(20-21)17(23)19-14-6-10-22(11-7-14)12-13-4-2-3-5-15(13)18/h2-5,8-9,14H,6-7,10-12H2,1H3,(H,19,23). The van der Waals surface area contributed by atoms with Gasteiger partial charge >= 0.3 is 0 Å². The molecule has 23 heavy (non-hydrogen) atoms. The monoisotopic (exact) mass is 316 g/mol. The zero-order valence-electron chi connectivity index (χ0n) is 13.2. The van der Waals surface area contributed by atoms with E-state index in [2.05, 4.69) is 15.3 Å². The molecule has 1 aliphatic rings. The van der Waals surface area contributed by atoms with Crippen molar-refractivity contribution in [1.82, 2.24) is 20.0 Å². The predicted molar refractivity (Wildman–Crippen MR) is 85.4 cm³/mol. The molecule has 1 aromatic carbocycles. The number of carbonyl (C=O) groups excluding carboxylic acids is 1. The van der Waals surface area contributed by atoms with Crippen molar-refractivity contribution in [3.8, 4) is 0 Å². The lowest BCUT2D eigenvalue weighted by Crippen LogP contribution is -2.44. The fourth-order valence-electron chi connectivity index (χ4n) is 2.90. The van der Waals surface area contributed by atoms with E-state index in [0.717, 1.165) is 31.5 Å². The van der Waals surface area contributed by atoms with Crippen LogP contribution < -0.4 is 5.32 Å². The molecule has 1 saturated heterocycles. The first-order valence-corrected chi connectivity index (χ1v) is 7.88. The number of aryl methyl sites for hydroxylation is 1. The molecule has 0 spiro atoms. The molecule has 1 aromatic heterocycles.